The lowest BCUT2D eigenvalue weighted by Gasteiger charge is -2.15. The van der Waals surface area contributed by atoms with E-state index < -0.39 is 0 Å². The molecule has 2 amide bonds. The predicted molar refractivity (Wildman–Crippen MR) is 91.6 cm³/mol. The average molecular weight is 320 g/mol. The lowest BCUT2D eigenvalue weighted by atomic mass is 10.1. The predicted octanol–water partition coefficient (Wildman–Crippen LogP) is 1.52. The Balaban J connectivity index is 1.75. The van der Waals surface area contributed by atoms with Crippen LogP contribution in [0.2, 0.25) is 0 Å². The minimum atomic E-state index is -0.210. The summed E-state index contributed by atoms with van der Waals surface area (Å²) in [6.45, 7) is 10.2. The van der Waals surface area contributed by atoms with Crippen molar-refractivity contribution in [2.24, 2.45) is 5.92 Å². The van der Waals surface area contributed by atoms with E-state index >= 15 is 0 Å². The number of nitrogens with one attached hydrogen (secondary N) is 3. The molecule has 1 aromatic heterocycles. The second-order valence-electron chi connectivity index (χ2n) is 6.46. The Hall–Kier alpha value is -1.82. The van der Waals surface area contributed by atoms with Crippen LogP contribution < -0.4 is 16.2 Å². The van der Waals surface area contributed by atoms with Gasteiger partial charge in [-0.25, -0.2) is 4.79 Å². The number of rotatable bonds is 6. The number of amides is 2. The number of likely N-dealkylation sites (tertiary alicyclic amines) is 1. The number of hydrogen-bond acceptors (Lipinski definition) is 3. The molecule has 6 nitrogen and oxygen atoms in total. The highest BCUT2D eigenvalue weighted by molar-refractivity contribution is 5.73. The number of hydrogen-bond donors (Lipinski definition) is 3. The number of urea groups is 1. The zero-order chi connectivity index (χ0) is 16.8. The highest BCUT2D eigenvalue weighted by Crippen LogP contribution is 2.15. The fourth-order valence-corrected chi connectivity index (χ4v) is 3.17. The van der Waals surface area contributed by atoms with Crippen molar-refractivity contribution in [3.63, 3.8) is 0 Å². The van der Waals surface area contributed by atoms with E-state index in [1.165, 1.54) is 6.42 Å². The van der Waals surface area contributed by atoms with Crippen LogP contribution in [0.1, 0.15) is 36.6 Å². The van der Waals surface area contributed by atoms with Gasteiger partial charge in [0.1, 0.15) is 0 Å². The highest BCUT2D eigenvalue weighted by Gasteiger charge is 2.21. The van der Waals surface area contributed by atoms with Crippen molar-refractivity contribution < 1.29 is 4.79 Å². The van der Waals surface area contributed by atoms with Gasteiger partial charge in [-0.2, -0.15) is 0 Å². The van der Waals surface area contributed by atoms with Crippen molar-refractivity contribution in [1.82, 2.24) is 20.5 Å². The molecule has 2 rings (SSSR count). The third kappa shape index (κ3) is 5.10. The first-order chi connectivity index (χ1) is 11.0. The SMILES string of the molecule is CCCN1CCC(CNC(=O)NCc2c(C)cc(C)[nH]c2=O)C1. The second-order valence-corrected chi connectivity index (χ2v) is 6.46. The molecule has 3 N–H and O–H groups in total. The van der Waals surface area contributed by atoms with Crippen molar-refractivity contribution in [2.75, 3.05) is 26.2 Å². The van der Waals surface area contributed by atoms with Gasteiger partial charge in [-0.15, -0.1) is 0 Å². The summed E-state index contributed by atoms with van der Waals surface area (Å²) in [5.74, 6) is 0.525. The third-order valence-electron chi connectivity index (χ3n) is 4.38. The van der Waals surface area contributed by atoms with Gasteiger partial charge >= 0.3 is 6.03 Å². The Morgan fingerprint density at radius 3 is 2.87 bits per heavy atom. The van der Waals surface area contributed by atoms with Gasteiger partial charge in [-0.3, -0.25) is 4.79 Å². The summed E-state index contributed by atoms with van der Waals surface area (Å²) in [6.07, 6.45) is 2.31. The molecule has 1 atom stereocenters. The average Bonchev–Trinajstić information content (AvgIpc) is 2.92. The number of carbonyl (C=O) groups excluding carboxylic acids is 1. The Labute approximate surface area is 137 Å². The van der Waals surface area contributed by atoms with Crippen LogP contribution in [0.15, 0.2) is 10.9 Å². The van der Waals surface area contributed by atoms with E-state index in [2.05, 4.69) is 27.4 Å². The Kier molecular flexibility index (Phi) is 6.21. The van der Waals surface area contributed by atoms with Crippen LogP contribution in [0.25, 0.3) is 0 Å². The Morgan fingerprint density at radius 1 is 1.39 bits per heavy atom. The van der Waals surface area contributed by atoms with Crippen LogP contribution in [0, 0.1) is 19.8 Å². The van der Waals surface area contributed by atoms with Crippen molar-refractivity contribution in [3.8, 4) is 0 Å². The first-order valence-corrected chi connectivity index (χ1v) is 8.43. The summed E-state index contributed by atoms with van der Waals surface area (Å²) in [6, 6.07) is 1.70. The van der Waals surface area contributed by atoms with Crippen molar-refractivity contribution in [3.05, 3.63) is 33.2 Å². The van der Waals surface area contributed by atoms with Crippen LogP contribution in [0.4, 0.5) is 4.79 Å². The normalized spacial score (nSPS) is 18.1. The van der Waals surface area contributed by atoms with E-state index in [1.807, 2.05) is 19.9 Å². The van der Waals surface area contributed by atoms with Crippen LogP contribution in [0.3, 0.4) is 0 Å². The standard InChI is InChI=1S/C17H28N4O2/c1-4-6-21-7-5-14(11-21)9-18-17(23)19-10-15-12(2)8-13(3)20-16(15)22/h8,14H,4-7,9-11H2,1-3H3,(H,20,22)(H2,18,19,23). The van der Waals surface area contributed by atoms with E-state index in [-0.39, 0.29) is 18.1 Å². The van der Waals surface area contributed by atoms with Gasteiger partial charge in [0.25, 0.3) is 5.56 Å². The van der Waals surface area contributed by atoms with Gasteiger partial charge in [0, 0.05) is 24.3 Å². The molecule has 1 saturated heterocycles. The largest absolute Gasteiger partial charge is 0.338 e. The molecule has 1 aliphatic rings. The van der Waals surface area contributed by atoms with E-state index in [4.69, 9.17) is 0 Å². The Morgan fingerprint density at radius 2 is 2.17 bits per heavy atom. The summed E-state index contributed by atoms with van der Waals surface area (Å²) in [5.41, 5.74) is 2.21. The molecule has 1 unspecified atom stereocenters. The second kappa shape index (κ2) is 8.15. The van der Waals surface area contributed by atoms with Crippen LogP contribution in [-0.4, -0.2) is 42.1 Å². The molecular formula is C17H28N4O2. The molecule has 1 aliphatic heterocycles. The van der Waals surface area contributed by atoms with Crippen LogP contribution >= 0.6 is 0 Å². The maximum atomic E-state index is 11.9. The van der Waals surface area contributed by atoms with Gasteiger partial charge in [0.2, 0.25) is 0 Å². The van der Waals surface area contributed by atoms with Crippen LogP contribution in [-0.2, 0) is 6.54 Å². The maximum Gasteiger partial charge on any atom is 0.315 e. The minimum absolute atomic E-state index is 0.131. The molecule has 6 heteroatoms. The molecule has 2 heterocycles. The quantitative estimate of drug-likeness (QED) is 0.744. The van der Waals surface area contributed by atoms with E-state index in [9.17, 15) is 9.59 Å². The summed E-state index contributed by atoms with van der Waals surface area (Å²) >= 11 is 0. The molecule has 0 aliphatic carbocycles. The molecule has 1 fully saturated rings. The fraction of sp³-hybridized carbons (Fsp3) is 0.647. The minimum Gasteiger partial charge on any atom is -0.338 e. The highest BCUT2D eigenvalue weighted by atomic mass is 16.2. The number of nitrogens with zero attached hydrogens (tertiary/aromatic N) is 1. The van der Waals surface area contributed by atoms with E-state index in [0.29, 0.717) is 18.0 Å². The van der Waals surface area contributed by atoms with Crippen LogP contribution in [0.5, 0.6) is 0 Å². The third-order valence-corrected chi connectivity index (χ3v) is 4.38. The molecule has 1 aromatic rings. The topological polar surface area (TPSA) is 77.2 Å². The number of H-pyrrole nitrogens is 1. The Bertz CT molecular complexity index is 597. The monoisotopic (exact) mass is 320 g/mol. The molecule has 0 saturated carbocycles. The zero-order valence-electron chi connectivity index (χ0n) is 14.4. The smallest absolute Gasteiger partial charge is 0.315 e. The number of pyridine rings is 1. The molecule has 0 aromatic carbocycles. The van der Waals surface area contributed by atoms with E-state index in [0.717, 1.165) is 37.3 Å². The summed E-state index contributed by atoms with van der Waals surface area (Å²) in [7, 11) is 0. The first kappa shape index (κ1) is 17.5. The number of carbonyl (C=O) groups is 1. The molecule has 128 valence electrons. The molecule has 23 heavy (non-hydrogen) atoms. The first-order valence-electron chi connectivity index (χ1n) is 8.43. The summed E-state index contributed by atoms with van der Waals surface area (Å²) in [4.78, 5) is 29.0. The summed E-state index contributed by atoms with van der Waals surface area (Å²) in [5, 5.41) is 5.70. The van der Waals surface area contributed by atoms with Gasteiger partial charge in [-0.05, 0) is 57.3 Å². The van der Waals surface area contributed by atoms with Gasteiger partial charge in [-0.1, -0.05) is 6.92 Å². The molecule has 0 spiro atoms. The van der Waals surface area contributed by atoms with Crippen molar-refractivity contribution in [2.45, 2.75) is 40.2 Å². The number of aryl methyl sites for hydroxylation is 2. The van der Waals surface area contributed by atoms with E-state index in [1.54, 1.807) is 0 Å². The van der Waals surface area contributed by atoms with Gasteiger partial charge in [0.15, 0.2) is 0 Å². The maximum absolute atomic E-state index is 11.9. The molecular weight excluding hydrogens is 292 g/mol. The lowest BCUT2D eigenvalue weighted by molar-refractivity contribution is 0.238. The summed E-state index contributed by atoms with van der Waals surface area (Å²) < 4.78 is 0. The van der Waals surface area contributed by atoms with Crippen molar-refractivity contribution in [1.29, 1.82) is 0 Å². The lowest BCUT2D eigenvalue weighted by Crippen LogP contribution is -2.39. The molecule has 0 radical (unpaired) electrons. The molecule has 0 bridgehead atoms. The number of aromatic nitrogens is 1. The fourth-order valence-electron chi connectivity index (χ4n) is 3.17. The zero-order valence-corrected chi connectivity index (χ0v) is 14.4. The van der Waals surface area contributed by atoms with Gasteiger partial charge < -0.3 is 20.5 Å². The number of aromatic amines is 1. The van der Waals surface area contributed by atoms with Gasteiger partial charge in [0.05, 0.1) is 6.54 Å². The van der Waals surface area contributed by atoms with Crippen molar-refractivity contribution >= 4 is 6.03 Å².